The van der Waals surface area contributed by atoms with Crippen LogP contribution in [0.1, 0.15) is 30.1 Å². The number of benzene rings is 1. The second-order valence-corrected chi connectivity index (χ2v) is 3.93. The molecule has 0 aliphatic carbocycles. The smallest absolute Gasteiger partial charge is 0.307 e. The molecule has 1 atom stereocenters. The molecule has 4 heteroatoms. The monoisotopic (exact) mass is 234 g/mol. The molecule has 0 fully saturated rings. The van der Waals surface area contributed by atoms with E-state index in [1.807, 2.05) is 0 Å². The van der Waals surface area contributed by atoms with E-state index in [0.29, 0.717) is 5.56 Å². The van der Waals surface area contributed by atoms with Crippen LogP contribution in [0.15, 0.2) is 30.3 Å². The molecule has 1 aromatic carbocycles. The molecule has 0 saturated heterocycles. The summed E-state index contributed by atoms with van der Waals surface area (Å²) < 4.78 is 0. The van der Waals surface area contributed by atoms with E-state index in [9.17, 15) is 14.4 Å². The summed E-state index contributed by atoms with van der Waals surface area (Å²) in [5.74, 6) is -2.51. The van der Waals surface area contributed by atoms with Gasteiger partial charge >= 0.3 is 5.97 Å². The number of ketones is 2. The number of aliphatic carboxylic acids is 1. The first-order chi connectivity index (χ1) is 8.00. The highest BCUT2D eigenvalue weighted by Gasteiger charge is 2.23. The third kappa shape index (κ3) is 4.18. The fraction of sp³-hybridized carbons (Fsp3) is 0.308. The Morgan fingerprint density at radius 3 is 2.18 bits per heavy atom. The maximum Gasteiger partial charge on any atom is 0.307 e. The van der Waals surface area contributed by atoms with Gasteiger partial charge in [-0.1, -0.05) is 30.3 Å². The van der Waals surface area contributed by atoms with Gasteiger partial charge in [0.2, 0.25) is 0 Å². The van der Waals surface area contributed by atoms with Crippen LogP contribution in [0.5, 0.6) is 0 Å². The Kier molecular flexibility index (Phi) is 4.57. The molecule has 1 aromatic rings. The zero-order valence-electron chi connectivity index (χ0n) is 9.55. The van der Waals surface area contributed by atoms with Crippen LogP contribution in [0.2, 0.25) is 0 Å². The highest BCUT2D eigenvalue weighted by molar-refractivity contribution is 5.98. The molecule has 1 N–H and O–H groups in total. The summed E-state index contributed by atoms with van der Waals surface area (Å²) in [5, 5.41) is 8.91. The van der Waals surface area contributed by atoms with Gasteiger partial charge in [-0.05, 0) is 6.92 Å². The van der Waals surface area contributed by atoms with Gasteiger partial charge in [0.15, 0.2) is 5.78 Å². The second-order valence-electron chi connectivity index (χ2n) is 3.93. The zero-order valence-corrected chi connectivity index (χ0v) is 9.55. The topological polar surface area (TPSA) is 71.4 Å². The highest BCUT2D eigenvalue weighted by Crippen LogP contribution is 2.14. The molecule has 0 saturated carbocycles. The van der Waals surface area contributed by atoms with Crippen molar-refractivity contribution in [2.75, 3.05) is 0 Å². The molecule has 4 nitrogen and oxygen atoms in total. The lowest BCUT2D eigenvalue weighted by atomic mass is 9.94. The summed E-state index contributed by atoms with van der Waals surface area (Å²) in [7, 11) is 0. The summed E-state index contributed by atoms with van der Waals surface area (Å²) in [5.41, 5.74) is 0.474. The fourth-order valence-corrected chi connectivity index (χ4v) is 1.56. The summed E-state index contributed by atoms with van der Waals surface area (Å²) in [6.07, 6.45) is -0.243. The van der Waals surface area contributed by atoms with Crippen LogP contribution in [0, 0.1) is 5.92 Å². The number of carbonyl (C=O) groups is 3. The molecule has 17 heavy (non-hydrogen) atoms. The first kappa shape index (κ1) is 13.1. The van der Waals surface area contributed by atoms with Crippen molar-refractivity contribution in [3.8, 4) is 0 Å². The predicted molar refractivity (Wildman–Crippen MR) is 61.8 cm³/mol. The van der Waals surface area contributed by atoms with E-state index in [1.165, 1.54) is 6.92 Å². The van der Waals surface area contributed by atoms with Crippen molar-refractivity contribution >= 4 is 17.5 Å². The normalized spacial score (nSPS) is 11.8. The van der Waals surface area contributed by atoms with E-state index in [1.54, 1.807) is 30.3 Å². The number of rotatable bonds is 6. The van der Waals surface area contributed by atoms with Gasteiger partial charge in [-0.2, -0.15) is 0 Å². The van der Waals surface area contributed by atoms with Crippen molar-refractivity contribution < 1.29 is 19.5 Å². The quantitative estimate of drug-likeness (QED) is 0.763. The molecule has 1 rings (SSSR count). The average molecular weight is 234 g/mol. The highest BCUT2D eigenvalue weighted by atomic mass is 16.4. The lowest BCUT2D eigenvalue weighted by molar-refractivity contribution is -0.143. The largest absolute Gasteiger partial charge is 0.481 e. The minimum absolute atomic E-state index is 0.103. The number of carboxylic acids is 1. The molecular formula is C13H14O4. The van der Waals surface area contributed by atoms with Crippen molar-refractivity contribution in [3.05, 3.63) is 35.9 Å². The molecule has 0 aliphatic heterocycles. The number of Topliss-reactive ketones (excluding diaryl/α,β-unsaturated/α-hetero) is 2. The summed E-state index contributed by atoms with van der Waals surface area (Å²) in [6, 6.07) is 8.48. The SMILES string of the molecule is CC(=O)CC(CC(=O)c1ccccc1)C(=O)O. The van der Waals surface area contributed by atoms with Crippen LogP contribution in [-0.4, -0.2) is 22.6 Å². The number of carboxylic acid groups (broad SMARTS) is 1. The van der Waals surface area contributed by atoms with Crippen LogP contribution in [0.4, 0.5) is 0 Å². The van der Waals surface area contributed by atoms with Gasteiger partial charge in [0.05, 0.1) is 5.92 Å². The number of carbonyl (C=O) groups excluding carboxylic acids is 2. The van der Waals surface area contributed by atoms with E-state index in [2.05, 4.69) is 0 Å². The van der Waals surface area contributed by atoms with Crippen molar-refractivity contribution in [2.45, 2.75) is 19.8 Å². The average Bonchev–Trinajstić information content (AvgIpc) is 2.28. The Morgan fingerprint density at radius 1 is 1.12 bits per heavy atom. The van der Waals surface area contributed by atoms with Crippen molar-refractivity contribution in [1.29, 1.82) is 0 Å². The molecule has 0 aromatic heterocycles. The Bertz CT molecular complexity index is 422. The second kappa shape index (κ2) is 5.94. The summed E-state index contributed by atoms with van der Waals surface area (Å²) >= 11 is 0. The fourth-order valence-electron chi connectivity index (χ4n) is 1.56. The zero-order chi connectivity index (χ0) is 12.8. The van der Waals surface area contributed by atoms with Gasteiger partial charge in [0.1, 0.15) is 5.78 Å². The lowest BCUT2D eigenvalue weighted by Gasteiger charge is -2.09. The van der Waals surface area contributed by atoms with E-state index < -0.39 is 11.9 Å². The molecule has 0 radical (unpaired) electrons. The maximum absolute atomic E-state index is 11.8. The lowest BCUT2D eigenvalue weighted by Crippen LogP contribution is -2.20. The van der Waals surface area contributed by atoms with Crippen LogP contribution in [0.25, 0.3) is 0 Å². The molecule has 0 heterocycles. The van der Waals surface area contributed by atoms with Crippen molar-refractivity contribution in [3.63, 3.8) is 0 Å². The van der Waals surface area contributed by atoms with E-state index >= 15 is 0 Å². The number of hydrogen-bond acceptors (Lipinski definition) is 3. The Hall–Kier alpha value is -1.97. The van der Waals surface area contributed by atoms with Gasteiger partial charge in [-0.25, -0.2) is 0 Å². The maximum atomic E-state index is 11.8. The van der Waals surface area contributed by atoms with Crippen LogP contribution in [-0.2, 0) is 9.59 Å². The third-order valence-corrected chi connectivity index (χ3v) is 2.41. The number of hydrogen-bond donors (Lipinski definition) is 1. The van der Waals surface area contributed by atoms with E-state index in [0.717, 1.165) is 0 Å². The van der Waals surface area contributed by atoms with Crippen molar-refractivity contribution in [1.82, 2.24) is 0 Å². The Balaban J connectivity index is 2.71. The predicted octanol–water partition coefficient (Wildman–Crippen LogP) is 1.94. The Labute approximate surface area is 99.3 Å². The third-order valence-electron chi connectivity index (χ3n) is 2.41. The first-order valence-corrected chi connectivity index (χ1v) is 5.31. The molecule has 90 valence electrons. The first-order valence-electron chi connectivity index (χ1n) is 5.31. The molecule has 0 amide bonds. The van der Waals surface area contributed by atoms with Gasteiger partial charge in [-0.3, -0.25) is 9.59 Å². The molecule has 1 unspecified atom stereocenters. The summed E-state index contributed by atoms with van der Waals surface area (Å²) in [4.78, 5) is 33.6. The van der Waals surface area contributed by atoms with Crippen LogP contribution in [0.3, 0.4) is 0 Å². The van der Waals surface area contributed by atoms with Gasteiger partial charge < -0.3 is 9.90 Å². The standard InChI is InChI=1S/C13H14O4/c1-9(14)7-11(13(16)17)8-12(15)10-5-3-2-4-6-10/h2-6,11H,7-8H2,1H3,(H,16,17). The van der Waals surface area contributed by atoms with Gasteiger partial charge in [0.25, 0.3) is 0 Å². The molecular weight excluding hydrogens is 220 g/mol. The van der Waals surface area contributed by atoms with E-state index in [4.69, 9.17) is 5.11 Å². The molecule has 0 aliphatic rings. The minimum Gasteiger partial charge on any atom is -0.481 e. The summed E-state index contributed by atoms with van der Waals surface area (Å²) in [6.45, 7) is 1.32. The van der Waals surface area contributed by atoms with Gasteiger partial charge in [0, 0.05) is 18.4 Å². The Morgan fingerprint density at radius 2 is 1.71 bits per heavy atom. The minimum atomic E-state index is -1.11. The molecule has 0 bridgehead atoms. The van der Waals surface area contributed by atoms with Crippen LogP contribution >= 0.6 is 0 Å². The van der Waals surface area contributed by atoms with E-state index in [-0.39, 0.29) is 24.4 Å². The van der Waals surface area contributed by atoms with Crippen molar-refractivity contribution in [2.24, 2.45) is 5.92 Å². The van der Waals surface area contributed by atoms with Crippen LogP contribution < -0.4 is 0 Å². The molecule has 0 spiro atoms. The van der Waals surface area contributed by atoms with Gasteiger partial charge in [-0.15, -0.1) is 0 Å².